The Bertz CT molecular complexity index is 1560. The third kappa shape index (κ3) is 6.89. The van der Waals surface area contributed by atoms with Crippen molar-refractivity contribution in [1.29, 1.82) is 5.26 Å². The molecule has 0 spiro atoms. The van der Waals surface area contributed by atoms with Gasteiger partial charge in [0, 0.05) is 42.4 Å². The molecule has 43 heavy (non-hydrogen) atoms. The first-order chi connectivity index (χ1) is 20.6. The lowest BCUT2D eigenvalue weighted by Crippen LogP contribution is -2.32. The van der Waals surface area contributed by atoms with Crippen molar-refractivity contribution in [1.82, 2.24) is 4.31 Å². The number of hydrogen-bond donors (Lipinski definition) is 0. The van der Waals surface area contributed by atoms with Gasteiger partial charge in [-0.25, -0.2) is 8.42 Å². The summed E-state index contributed by atoms with van der Waals surface area (Å²) < 4.78 is 40.0. The van der Waals surface area contributed by atoms with Gasteiger partial charge in [0.2, 0.25) is 10.0 Å². The van der Waals surface area contributed by atoms with Gasteiger partial charge in [0.25, 0.3) is 0 Å². The molecule has 2 aliphatic rings. The predicted molar refractivity (Wildman–Crippen MR) is 171 cm³/mol. The summed E-state index contributed by atoms with van der Waals surface area (Å²) in [7, 11) is -3.54. The fraction of sp³-hybridized carbons (Fsp3) is 0.485. The minimum Gasteiger partial charge on any atom is -0.490 e. The lowest BCUT2D eigenvalue weighted by atomic mass is 9.70. The van der Waals surface area contributed by atoms with Crippen LogP contribution in [0.15, 0.2) is 62.0 Å². The van der Waals surface area contributed by atoms with E-state index in [1.807, 2.05) is 39.8 Å². The van der Waals surface area contributed by atoms with Gasteiger partial charge in [0.15, 0.2) is 17.3 Å². The number of hydrogen-bond acceptors (Lipinski definition) is 7. The van der Waals surface area contributed by atoms with E-state index >= 15 is 0 Å². The van der Waals surface area contributed by atoms with Crippen LogP contribution in [0.4, 0.5) is 0 Å². The number of nitrogens with zero attached hydrogens (tertiary/aromatic N) is 3. The molecule has 0 aromatic heterocycles. The molecule has 10 heteroatoms. The molecule has 0 amide bonds. The minimum atomic E-state index is -3.54. The molecule has 1 heterocycles. The van der Waals surface area contributed by atoms with E-state index in [0.29, 0.717) is 47.7 Å². The molecule has 0 saturated carbocycles. The fourth-order valence-electron chi connectivity index (χ4n) is 6.07. The lowest BCUT2D eigenvalue weighted by molar-refractivity contribution is -0.117. The van der Waals surface area contributed by atoms with E-state index < -0.39 is 21.9 Å². The Hall–Kier alpha value is -3.00. The van der Waals surface area contributed by atoms with Crippen LogP contribution in [-0.2, 0) is 21.4 Å². The van der Waals surface area contributed by atoms with Crippen LogP contribution in [0.3, 0.4) is 0 Å². The highest BCUT2D eigenvalue weighted by Gasteiger charge is 2.41. The molecule has 1 aliphatic heterocycles. The van der Waals surface area contributed by atoms with Crippen LogP contribution in [0, 0.1) is 23.2 Å². The monoisotopic (exact) mass is 669 g/mol. The summed E-state index contributed by atoms with van der Waals surface area (Å²) in [4.78, 5) is 18.5. The Morgan fingerprint density at radius 2 is 1.77 bits per heavy atom. The molecule has 0 N–H and O–H groups in total. The Kier molecular flexibility index (Phi) is 10.9. The van der Waals surface area contributed by atoms with E-state index in [1.165, 1.54) is 4.31 Å². The Labute approximate surface area is 264 Å². The minimum absolute atomic E-state index is 0.0714. The molecule has 0 saturated heterocycles. The normalized spacial score (nSPS) is 20.5. The van der Waals surface area contributed by atoms with Crippen molar-refractivity contribution in [2.45, 2.75) is 77.7 Å². The lowest BCUT2D eigenvalue weighted by Gasteiger charge is -2.35. The van der Waals surface area contributed by atoms with Gasteiger partial charge in [0.1, 0.15) is 6.61 Å². The summed E-state index contributed by atoms with van der Waals surface area (Å²) in [6, 6.07) is 12.9. The maximum atomic E-state index is 13.5. The van der Waals surface area contributed by atoms with Crippen LogP contribution in [0.25, 0.3) is 0 Å². The average Bonchev–Trinajstić information content (AvgIpc) is 2.97. The van der Waals surface area contributed by atoms with Crippen molar-refractivity contribution in [2.24, 2.45) is 16.8 Å². The number of allylic oxidation sites excluding steroid dienone is 2. The van der Waals surface area contributed by atoms with Gasteiger partial charge in [-0.3, -0.25) is 9.79 Å². The number of Topliss-reactive ketones (excluding diaryl/α,β-unsaturated/α-hetero) is 1. The summed E-state index contributed by atoms with van der Waals surface area (Å²) in [5.41, 5.74) is 3.77. The second-order valence-corrected chi connectivity index (χ2v) is 13.8. The summed E-state index contributed by atoms with van der Waals surface area (Å²) in [5, 5.41) is 10.2. The molecule has 230 valence electrons. The molecule has 0 bridgehead atoms. The van der Waals surface area contributed by atoms with Gasteiger partial charge in [-0.15, -0.1) is 0 Å². The second kappa shape index (κ2) is 14.2. The standard InChI is InChI=1S/C33H40BrN3O5S/c1-6-10-23-15-28-32(29(38)16-23)31(26(19-35)21(5)36-28)24-17-27(34)33(30(18-24)41-9-4)42-20-22-11-13-25(14-12-22)43(39,40)37(7-2)8-3/h11-14,17-18,23,26,31H,6-10,15-16,20H2,1-5H3. The molecule has 4 rings (SSSR count). The summed E-state index contributed by atoms with van der Waals surface area (Å²) >= 11 is 3.66. The molecule has 3 atom stereocenters. The number of nitriles is 1. The van der Waals surface area contributed by atoms with E-state index in [0.717, 1.165) is 41.8 Å². The zero-order valence-electron chi connectivity index (χ0n) is 25.5. The highest BCUT2D eigenvalue weighted by Crippen LogP contribution is 2.48. The first kappa shape index (κ1) is 32.9. The zero-order chi connectivity index (χ0) is 31.3. The SMILES string of the molecule is CCCC1CC(=O)C2=C(C1)N=C(C)C(C#N)C2c1cc(Br)c(OCc2ccc(S(=O)(=O)N(CC)CC)cc2)c(OCC)c1. The number of ketones is 1. The van der Waals surface area contributed by atoms with Crippen molar-refractivity contribution in [3.63, 3.8) is 0 Å². The van der Waals surface area contributed by atoms with E-state index in [4.69, 9.17) is 14.5 Å². The molecule has 0 radical (unpaired) electrons. The van der Waals surface area contributed by atoms with Crippen LogP contribution in [0.1, 0.15) is 77.3 Å². The third-order valence-corrected chi connectivity index (χ3v) is 10.8. The van der Waals surface area contributed by atoms with Gasteiger partial charge >= 0.3 is 0 Å². The Morgan fingerprint density at radius 1 is 1.07 bits per heavy atom. The van der Waals surface area contributed by atoms with Crippen molar-refractivity contribution in [3.8, 4) is 17.6 Å². The largest absolute Gasteiger partial charge is 0.490 e. The maximum absolute atomic E-state index is 13.5. The van der Waals surface area contributed by atoms with Crippen LogP contribution in [0.5, 0.6) is 11.5 Å². The van der Waals surface area contributed by atoms with E-state index in [2.05, 4.69) is 28.9 Å². The molecule has 0 fully saturated rings. The predicted octanol–water partition coefficient (Wildman–Crippen LogP) is 7.19. The number of halogens is 1. The van der Waals surface area contributed by atoms with E-state index in [-0.39, 0.29) is 23.2 Å². The molecular weight excluding hydrogens is 630 g/mol. The van der Waals surface area contributed by atoms with Gasteiger partial charge in [0.05, 0.1) is 28.0 Å². The number of benzene rings is 2. The van der Waals surface area contributed by atoms with Gasteiger partial charge in [-0.2, -0.15) is 9.57 Å². The van der Waals surface area contributed by atoms with Crippen molar-refractivity contribution in [3.05, 3.63) is 63.3 Å². The van der Waals surface area contributed by atoms with Crippen LogP contribution in [-0.4, -0.2) is 43.9 Å². The highest BCUT2D eigenvalue weighted by molar-refractivity contribution is 9.10. The molecule has 2 aromatic carbocycles. The van der Waals surface area contributed by atoms with Gasteiger partial charge in [-0.05, 0) is 83.9 Å². The highest BCUT2D eigenvalue weighted by atomic mass is 79.9. The summed E-state index contributed by atoms with van der Waals surface area (Å²) in [6.07, 6.45) is 3.21. The number of rotatable bonds is 12. The first-order valence-electron chi connectivity index (χ1n) is 15.0. The number of aliphatic imine (C=N–C) groups is 1. The first-order valence-corrected chi connectivity index (χ1v) is 17.2. The number of carbonyl (C=O) groups excluding carboxylic acids is 1. The van der Waals surface area contributed by atoms with Crippen molar-refractivity contribution in [2.75, 3.05) is 19.7 Å². The summed E-state index contributed by atoms with van der Waals surface area (Å²) in [5.74, 6) is 0.329. The topological polar surface area (TPSA) is 109 Å². The number of sulfonamides is 1. The van der Waals surface area contributed by atoms with E-state index in [1.54, 1.807) is 24.3 Å². The van der Waals surface area contributed by atoms with Crippen LogP contribution >= 0.6 is 15.9 Å². The van der Waals surface area contributed by atoms with Crippen molar-refractivity contribution < 1.29 is 22.7 Å². The van der Waals surface area contributed by atoms with Gasteiger partial charge in [-0.1, -0.05) is 39.3 Å². The fourth-order valence-corrected chi connectivity index (χ4v) is 8.11. The van der Waals surface area contributed by atoms with Gasteiger partial charge < -0.3 is 9.47 Å². The Balaban J connectivity index is 1.64. The average molecular weight is 671 g/mol. The maximum Gasteiger partial charge on any atom is 0.243 e. The molecule has 1 aliphatic carbocycles. The number of carbonyl (C=O) groups is 1. The van der Waals surface area contributed by atoms with Crippen LogP contribution in [0.2, 0.25) is 0 Å². The second-order valence-electron chi connectivity index (χ2n) is 11.0. The summed E-state index contributed by atoms with van der Waals surface area (Å²) in [6.45, 7) is 10.9. The number of ether oxygens (including phenoxy) is 2. The Morgan fingerprint density at radius 3 is 2.37 bits per heavy atom. The van der Waals surface area contributed by atoms with E-state index in [9.17, 15) is 18.5 Å². The molecular formula is C33H40BrN3O5S. The third-order valence-electron chi connectivity index (χ3n) is 8.15. The quantitative estimate of drug-likeness (QED) is 0.237. The zero-order valence-corrected chi connectivity index (χ0v) is 27.9. The smallest absolute Gasteiger partial charge is 0.243 e. The molecule has 3 unspecified atom stereocenters. The van der Waals surface area contributed by atoms with Crippen molar-refractivity contribution >= 4 is 37.4 Å². The molecule has 2 aromatic rings. The molecule has 8 nitrogen and oxygen atoms in total. The van der Waals surface area contributed by atoms with Crippen LogP contribution < -0.4 is 9.47 Å².